The van der Waals surface area contributed by atoms with E-state index >= 15 is 0 Å². The third-order valence-corrected chi connectivity index (χ3v) is 7.38. The van der Waals surface area contributed by atoms with Crippen molar-refractivity contribution >= 4 is 28.7 Å². The maximum absolute atomic E-state index is 13.8. The zero-order valence-corrected chi connectivity index (χ0v) is 22.5. The molecule has 0 radical (unpaired) electrons. The number of benzene rings is 4. The smallest absolute Gasteiger partial charge is 0.271 e. The largest absolute Gasteiger partial charge is 0.273 e. The van der Waals surface area contributed by atoms with Gasteiger partial charge in [-0.15, -0.1) is 0 Å². The SMILES string of the molecule is CC1=C(C#N)C(=O)N(CCc2ccccc2)C(=O)/C1=C/c1cn(-c2ccccc2)nc1-c1ccc2ccccc2c1. The second-order valence-electron chi connectivity index (χ2n) is 9.94. The Kier molecular flexibility index (Phi) is 6.85. The molecule has 0 spiro atoms. The lowest BCUT2D eigenvalue weighted by Crippen LogP contribution is -2.43. The fourth-order valence-corrected chi connectivity index (χ4v) is 5.14. The molecular formula is C35H26N4O2. The van der Waals surface area contributed by atoms with Crippen LogP contribution in [0.3, 0.4) is 0 Å². The van der Waals surface area contributed by atoms with E-state index in [4.69, 9.17) is 5.10 Å². The minimum Gasteiger partial charge on any atom is -0.273 e. The predicted molar refractivity (Wildman–Crippen MR) is 160 cm³/mol. The summed E-state index contributed by atoms with van der Waals surface area (Å²) in [6.07, 6.45) is 4.13. The molecule has 0 aliphatic carbocycles. The molecule has 1 aliphatic heterocycles. The first kappa shape index (κ1) is 25.7. The molecule has 6 rings (SSSR count). The zero-order valence-electron chi connectivity index (χ0n) is 22.5. The Bertz CT molecular complexity index is 1890. The monoisotopic (exact) mass is 534 g/mol. The summed E-state index contributed by atoms with van der Waals surface area (Å²) < 4.78 is 1.78. The third-order valence-electron chi connectivity index (χ3n) is 7.38. The summed E-state index contributed by atoms with van der Waals surface area (Å²) in [4.78, 5) is 28.2. The first-order valence-corrected chi connectivity index (χ1v) is 13.4. The van der Waals surface area contributed by atoms with Crippen molar-refractivity contribution in [1.82, 2.24) is 14.7 Å². The van der Waals surface area contributed by atoms with Crippen LogP contribution in [0.5, 0.6) is 0 Å². The number of hydrogen-bond donors (Lipinski definition) is 0. The molecule has 1 aliphatic rings. The van der Waals surface area contributed by atoms with Gasteiger partial charge in [-0.2, -0.15) is 10.4 Å². The molecule has 0 saturated carbocycles. The molecule has 0 bridgehead atoms. The Morgan fingerprint density at radius 2 is 1.51 bits per heavy atom. The first-order valence-electron chi connectivity index (χ1n) is 13.4. The average Bonchev–Trinajstić information content (AvgIpc) is 3.44. The lowest BCUT2D eigenvalue weighted by Gasteiger charge is -2.27. The van der Waals surface area contributed by atoms with Gasteiger partial charge in [0.25, 0.3) is 11.8 Å². The van der Waals surface area contributed by atoms with Crippen LogP contribution in [-0.4, -0.2) is 33.0 Å². The van der Waals surface area contributed by atoms with E-state index in [1.54, 1.807) is 17.7 Å². The van der Waals surface area contributed by atoms with E-state index in [2.05, 4.69) is 24.3 Å². The summed E-state index contributed by atoms with van der Waals surface area (Å²) >= 11 is 0. The van der Waals surface area contributed by atoms with Crippen LogP contribution in [0.2, 0.25) is 0 Å². The quantitative estimate of drug-likeness (QED) is 0.183. The number of carbonyl (C=O) groups is 2. The molecule has 0 fully saturated rings. The number of aromatic nitrogens is 2. The molecule has 0 saturated heterocycles. The van der Waals surface area contributed by atoms with Gasteiger partial charge in [-0.05, 0) is 59.5 Å². The number of nitriles is 1. The Morgan fingerprint density at radius 3 is 2.24 bits per heavy atom. The number of amides is 2. The minimum absolute atomic E-state index is 0.0216. The van der Waals surface area contributed by atoms with Crippen molar-refractivity contribution < 1.29 is 9.59 Å². The second-order valence-corrected chi connectivity index (χ2v) is 9.94. The molecule has 0 unspecified atom stereocenters. The number of rotatable bonds is 6. The topological polar surface area (TPSA) is 79.0 Å². The van der Waals surface area contributed by atoms with Gasteiger partial charge in [0.1, 0.15) is 11.6 Å². The molecule has 5 aromatic rings. The zero-order chi connectivity index (χ0) is 28.3. The van der Waals surface area contributed by atoms with Crippen LogP contribution in [0.4, 0.5) is 0 Å². The number of para-hydroxylation sites is 1. The minimum atomic E-state index is -0.558. The van der Waals surface area contributed by atoms with E-state index in [-0.39, 0.29) is 12.1 Å². The number of nitrogens with zero attached hydrogens (tertiary/aromatic N) is 4. The van der Waals surface area contributed by atoms with Crippen LogP contribution in [-0.2, 0) is 16.0 Å². The van der Waals surface area contributed by atoms with E-state index in [0.717, 1.165) is 27.6 Å². The number of imide groups is 1. The summed E-state index contributed by atoms with van der Waals surface area (Å²) in [7, 11) is 0. The van der Waals surface area contributed by atoms with Gasteiger partial charge in [0.15, 0.2) is 0 Å². The van der Waals surface area contributed by atoms with Crippen LogP contribution in [0.1, 0.15) is 18.1 Å². The standard InChI is InChI=1S/C35H26N4O2/c1-24-31(34(40)38(35(41)32(24)22-36)19-18-25-10-4-2-5-11-25)21-29-23-39(30-14-6-3-7-15-30)37-33(29)28-17-16-26-12-8-9-13-27(26)20-28/h2-17,20-21,23H,18-19H2,1H3/b31-21+. The molecule has 1 aromatic heterocycles. The lowest BCUT2D eigenvalue weighted by molar-refractivity contribution is -0.140. The summed E-state index contributed by atoms with van der Waals surface area (Å²) in [5.74, 6) is -0.975. The van der Waals surface area contributed by atoms with Crippen LogP contribution >= 0.6 is 0 Å². The molecule has 0 N–H and O–H groups in total. The van der Waals surface area contributed by atoms with Crippen LogP contribution in [0.15, 0.2) is 126 Å². The summed E-state index contributed by atoms with van der Waals surface area (Å²) in [5.41, 5.74) is 4.84. The van der Waals surface area contributed by atoms with Crippen molar-refractivity contribution in [3.63, 3.8) is 0 Å². The van der Waals surface area contributed by atoms with Gasteiger partial charge in [0.05, 0.1) is 11.4 Å². The summed E-state index contributed by atoms with van der Waals surface area (Å²) in [5, 5.41) is 17.0. The summed E-state index contributed by atoms with van der Waals surface area (Å²) in [6, 6.07) is 35.7. The van der Waals surface area contributed by atoms with Gasteiger partial charge in [0, 0.05) is 29.4 Å². The first-order chi connectivity index (χ1) is 20.0. The van der Waals surface area contributed by atoms with Crippen molar-refractivity contribution in [3.8, 4) is 23.0 Å². The highest BCUT2D eigenvalue weighted by molar-refractivity contribution is 6.19. The maximum atomic E-state index is 13.8. The normalized spacial score (nSPS) is 14.6. The van der Waals surface area contributed by atoms with Gasteiger partial charge in [0.2, 0.25) is 0 Å². The fourth-order valence-electron chi connectivity index (χ4n) is 5.14. The van der Waals surface area contributed by atoms with Crippen LogP contribution in [0, 0.1) is 11.3 Å². The molecule has 6 nitrogen and oxygen atoms in total. The van der Waals surface area contributed by atoms with Crippen LogP contribution < -0.4 is 0 Å². The van der Waals surface area contributed by atoms with Crippen LogP contribution in [0.25, 0.3) is 33.8 Å². The van der Waals surface area contributed by atoms with Gasteiger partial charge >= 0.3 is 0 Å². The van der Waals surface area contributed by atoms with E-state index in [0.29, 0.717) is 28.8 Å². The van der Waals surface area contributed by atoms with Crippen molar-refractivity contribution in [1.29, 1.82) is 5.26 Å². The molecule has 41 heavy (non-hydrogen) atoms. The molecule has 2 heterocycles. The third kappa shape index (κ3) is 4.97. The van der Waals surface area contributed by atoms with Gasteiger partial charge < -0.3 is 0 Å². The average molecular weight is 535 g/mol. The molecule has 6 heteroatoms. The number of hydrogen-bond acceptors (Lipinski definition) is 4. The van der Waals surface area contributed by atoms with Gasteiger partial charge in [-0.3, -0.25) is 14.5 Å². The van der Waals surface area contributed by atoms with Crippen molar-refractivity contribution in [2.45, 2.75) is 13.3 Å². The van der Waals surface area contributed by atoms with E-state index in [1.165, 1.54) is 4.90 Å². The van der Waals surface area contributed by atoms with E-state index < -0.39 is 11.8 Å². The molecule has 2 amide bonds. The summed E-state index contributed by atoms with van der Waals surface area (Å²) in [6.45, 7) is 1.84. The Morgan fingerprint density at radius 1 is 0.829 bits per heavy atom. The van der Waals surface area contributed by atoms with Crippen molar-refractivity contribution in [2.24, 2.45) is 0 Å². The Hall–Kier alpha value is -5.54. The second kappa shape index (κ2) is 10.9. The molecule has 0 atom stereocenters. The molecular weight excluding hydrogens is 508 g/mol. The van der Waals surface area contributed by atoms with E-state index in [1.807, 2.05) is 91.1 Å². The van der Waals surface area contributed by atoms with Gasteiger partial charge in [-0.25, -0.2) is 4.68 Å². The molecule has 198 valence electrons. The van der Waals surface area contributed by atoms with Gasteiger partial charge in [-0.1, -0.05) is 84.9 Å². The number of fused-ring (bicyclic) bond motifs is 1. The predicted octanol–water partition coefficient (Wildman–Crippen LogP) is 6.53. The van der Waals surface area contributed by atoms with Crippen molar-refractivity contribution in [2.75, 3.05) is 6.54 Å². The Balaban J connectivity index is 1.47. The Labute approximate surface area is 238 Å². The van der Waals surface area contributed by atoms with E-state index in [9.17, 15) is 14.9 Å². The van der Waals surface area contributed by atoms with Crippen molar-refractivity contribution in [3.05, 3.63) is 137 Å². The molecule has 4 aromatic carbocycles. The lowest BCUT2D eigenvalue weighted by atomic mass is 9.92. The maximum Gasteiger partial charge on any atom is 0.271 e. The fraction of sp³-hybridized carbons (Fsp3) is 0.0857. The highest BCUT2D eigenvalue weighted by Gasteiger charge is 2.35. The highest BCUT2D eigenvalue weighted by Crippen LogP contribution is 2.32. The number of carbonyl (C=O) groups excluding carboxylic acids is 2. The highest BCUT2D eigenvalue weighted by atomic mass is 16.2.